The quantitative estimate of drug-likeness (QED) is 0.831. The molecule has 2 aliphatic heterocycles. The predicted molar refractivity (Wildman–Crippen MR) is 91.5 cm³/mol. The van der Waals surface area contributed by atoms with E-state index < -0.39 is 17.9 Å². The summed E-state index contributed by atoms with van der Waals surface area (Å²) in [6, 6.07) is 7.30. The van der Waals surface area contributed by atoms with Crippen molar-refractivity contribution in [1.82, 2.24) is 4.90 Å². The molecule has 7 nitrogen and oxygen atoms in total. The van der Waals surface area contributed by atoms with Gasteiger partial charge < -0.3 is 24.4 Å². The number of anilines is 1. The molecule has 0 bridgehead atoms. The van der Waals surface area contributed by atoms with Crippen LogP contribution in [0.5, 0.6) is 0 Å². The Morgan fingerprint density at radius 2 is 2.04 bits per heavy atom. The minimum Gasteiger partial charge on any atom is -0.481 e. The smallest absolute Gasteiger partial charge is 0.309 e. The van der Waals surface area contributed by atoms with Crippen molar-refractivity contribution in [3.8, 4) is 0 Å². The number of hydrogen-bond donors (Lipinski definition) is 1. The summed E-state index contributed by atoms with van der Waals surface area (Å²) >= 11 is 0. The first-order valence-electron chi connectivity index (χ1n) is 8.56. The average molecular weight is 348 g/mol. The van der Waals surface area contributed by atoms with Gasteiger partial charge in [-0.15, -0.1) is 0 Å². The Labute approximate surface area is 147 Å². The number of carbonyl (C=O) groups excluding carboxylic acids is 1. The molecule has 25 heavy (non-hydrogen) atoms. The van der Waals surface area contributed by atoms with Gasteiger partial charge >= 0.3 is 5.97 Å². The van der Waals surface area contributed by atoms with Gasteiger partial charge in [-0.1, -0.05) is 18.2 Å². The maximum absolute atomic E-state index is 12.4. The molecular formula is C18H24N2O5. The van der Waals surface area contributed by atoms with E-state index in [-0.39, 0.29) is 12.3 Å². The van der Waals surface area contributed by atoms with Gasteiger partial charge in [-0.3, -0.25) is 9.59 Å². The normalized spacial score (nSPS) is 24.0. The number of nitrogens with zero attached hydrogens (tertiary/aromatic N) is 2. The number of ether oxygens (including phenoxy) is 2. The highest BCUT2D eigenvalue weighted by atomic mass is 16.5. The lowest BCUT2D eigenvalue weighted by Crippen LogP contribution is -2.39. The third kappa shape index (κ3) is 3.62. The summed E-state index contributed by atoms with van der Waals surface area (Å²) in [5.74, 6) is -1.81. The number of benzene rings is 1. The van der Waals surface area contributed by atoms with Gasteiger partial charge in [-0.05, 0) is 11.6 Å². The monoisotopic (exact) mass is 348 g/mol. The Balaban J connectivity index is 1.98. The molecule has 136 valence electrons. The van der Waals surface area contributed by atoms with Crippen LogP contribution in [0.25, 0.3) is 0 Å². The summed E-state index contributed by atoms with van der Waals surface area (Å²) in [6.07, 6.45) is 0.0289. The highest BCUT2D eigenvalue weighted by Crippen LogP contribution is 2.42. The van der Waals surface area contributed by atoms with E-state index in [0.29, 0.717) is 26.4 Å². The molecule has 2 saturated heterocycles. The number of carbonyl (C=O) groups is 2. The van der Waals surface area contributed by atoms with E-state index in [1.807, 2.05) is 24.3 Å². The van der Waals surface area contributed by atoms with Gasteiger partial charge in [-0.2, -0.15) is 0 Å². The zero-order valence-electron chi connectivity index (χ0n) is 14.4. The Morgan fingerprint density at radius 1 is 1.32 bits per heavy atom. The summed E-state index contributed by atoms with van der Waals surface area (Å²) < 4.78 is 10.5. The number of aliphatic carboxylic acids is 1. The van der Waals surface area contributed by atoms with Crippen LogP contribution >= 0.6 is 0 Å². The van der Waals surface area contributed by atoms with Gasteiger partial charge in [0.25, 0.3) is 0 Å². The molecule has 0 aliphatic carbocycles. The van der Waals surface area contributed by atoms with Crippen LogP contribution in [-0.2, 0) is 19.1 Å². The van der Waals surface area contributed by atoms with Gasteiger partial charge in [0.15, 0.2) is 0 Å². The standard InChI is InChI=1S/C18H24N2O5/c1-24-9-8-20-16(21)12-14(18(22)23)17(20)13-4-2-3-5-15(13)19-6-10-25-11-7-19/h2-5,14,17H,6-12H2,1H3,(H,22,23). The molecule has 2 aliphatic rings. The van der Waals surface area contributed by atoms with Crippen molar-refractivity contribution >= 4 is 17.6 Å². The number of likely N-dealkylation sites (tertiary alicyclic amines) is 1. The lowest BCUT2D eigenvalue weighted by molar-refractivity contribution is -0.142. The molecule has 2 atom stereocenters. The van der Waals surface area contributed by atoms with Crippen LogP contribution in [0.1, 0.15) is 18.0 Å². The van der Waals surface area contributed by atoms with Gasteiger partial charge in [0, 0.05) is 38.9 Å². The fraction of sp³-hybridized carbons (Fsp3) is 0.556. The average Bonchev–Trinajstić information content (AvgIpc) is 2.97. The number of carboxylic acid groups (broad SMARTS) is 1. The van der Waals surface area contributed by atoms with E-state index in [0.717, 1.165) is 24.3 Å². The van der Waals surface area contributed by atoms with Crippen LogP contribution in [0.3, 0.4) is 0 Å². The van der Waals surface area contributed by atoms with Crippen LogP contribution in [0, 0.1) is 5.92 Å². The lowest BCUT2D eigenvalue weighted by atomic mass is 9.92. The second-order valence-electron chi connectivity index (χ2n) is 6.33. The minimum atomic E-state index is -0.935. The third-order valence-electron chi connectivity index (χ3n) is 4.89. The van der Waals surface area contributed by atoms with Gasteiger partial charge in [0.1, 0.15) is 0 Å². The number of hydrogen-bond acceptors (Lipinski definition) is 5. The van der Waals surface area contributed by atoms with Gasteiger partial charge in [-0.25, -0.2) is 0 Å². The Hall–Kier alpha value is -2.12. The Bertz CT molecular complexity index is 630. The van der Waals surface area contributed by atoms with Crippen LogP contribution in [0.4, 0.5) is 5.69 Å². The van der Waals surface area contributed by atoms with Crippen LogP contribution in [0.15, 0.2) is 24.3 Å². The molecule has 0 spiro atoms. The lowest BCUT2D eigenvalue weighted by Gasteiger charge is -2.34. The molecule has 1 aromatic rings. The largest absolute Gasteiger partial charge is 0.481 e. The zero-order chi connectivity index (χ0) is 17.8. The van der Waals surface area contributed by atoms with Gasteiger partial charge in [0.2, 0.25) is 5.91 Å². The summed E-state index contributed by atoms with van der Waals surface area (Å²) in [4.78, 5) is 28.1. The van der Waals surface area contributed by atoms with E-state index in [4.69, 9.17) is 9.47 Å². The zero-order valence-corrected chi connectivity index (χ0v) is 14.4. The molecule has 0 aromatic heterocycles. The fourth-order valence-electron chi connectivity index (χ4n) is 3.68. The maximum atomic E-state index is 12.4. The molecule has 2 unspecified atom stereocenters. The van der Waals surface area contributed by atoms with Crippen molar-refractivity contribution in [3.63, 3.8) is 0 Å². The molecule has 2 fully saturated rings. The Kier molecular flexibility index (Phi) is 5.55. The van der Waals surface area contributed by atoms with Crippen LogP contribution in [-0.4, -0.2) is 68.4 Å². The molecule has 1 aromatic carbocycles. The first kappa shape index (κ1) is 17.7. The van der Waals surface area contributed by atoms with Crippen molar-refractivity contribution in [2.24, 2.45) is 5.92 Å². The van der Waals surface area contributed by atoms with E-state index in [2.05, 4.69) is 4.90 Å². The molecule has 0 radical (unpaired) electrons. The van der Waals surface area contributed by atoms with E-state index in [9.17, 15) is 14.7 Å². The number of morpholine rings is 1. The minimum absolute atomic E-state index is 0.0289. The van der Waals surface area contributed by atoms with Crippen LogP contribution in [0.2, 0.25) is 0 Å². The van der Waals surface area contributed by atoms with Crippen molar-refractivity contribution in [2.45, 2.75) is 12.5 Å². The molecule has 3 rings (SSSR count). The first-order chi connectivity index (χ1) is 12.1. The van der Waals surface area contributed by atoms with E-state index >= 15 is 0 Å². The fourth-order valence-corrected chi connectivity index (χ4v) is 3.68. The number of para-hydroxylation sites is 1. The van der Waals surface area contributed by atoms with Crippen LogP contribution < -0.4 is 4.90 Å². The first-order valence-corrected chi connectivity index (χ1v) is 8.56. The van der Waals surface area contributed by atoms with Crippen molar-refractivity contribution in [2.75, 3.05) is 51.5 Å². The topological polar surface area (TPSA) is 79.3 Å². The number of amides is 1. The Morgan fingerprint density at radius 3 is 2.72 bits per heavy atom. The summed E-state index contributed by atoms with van der Waals surface area (Å²) in [5.41, 5.74) is 1.87. The second-order valence-corrected chi connectivity index (χ2v) is 6.33. The molecule has 0 saturated carbocycles. The second kappa shape index (κ2) is 7.84. The molecule has 1 N–H and O–H groups in total. The molecular weight excluding hydrogens is 324 g/mol. The summed E-state index contributed by atoms with van der Waals surface area (Å²) in [7, 11) is 1.58. The third-order valence-corrected chi connectivity index (χ3v) is 4.89. The highest BCUT2D eigenvalue weighted by Gasteiger charge is 2.45. The molecule has 1 amide bonds. The number of rotatable bonds is 6. The highest BCUT2D eigenvalue weighted by molar-refractivity contribution is 5.88. The van der Waals surface area contributed by atoms with E-state index in [1.165, 1.54) is 0 Å². The predicted octanol–water partition coefficient (Wildman–Crippen LogP) is 1.14. The summed E-state index contributed by atoms with van der Waals surface area (Å²) in [5, 5.41) is 9.66. The van der Waals surface area contributed by atoms with Crippen molar-refractivity contribution < 1.29 is 24.2 Å². The summed E-state index contributed by atoms with van der Waals surface area (Å²) in [6.45, 7) is 3.58. The molecule has 7 heteroatoms. The van der Waals surface area contributed by atoms with Crippen molar-refractivity contribution in [1.29, 1.82) is 0 Å². The SMILES string of the molecule is COCCN1C(=O)CC(C(=O)O)C1c1ccccc1N1CCOCC1. The van der Waals surface area contributed by atoms with E-state index in [1.54, 1.807) is 12.0 Å². The van der Waals surface area contributed by atoms with Gasteiger partial charge in [0.05, 0.1) is 31.8 Å². The number of methoxy groups -OCH3 is 1. The molecule has 2 heterocycles. The van der Waals surface area contributed by atoms with Crippen molar-refractivity contribution in [3.05, 3.63) is 29.8 Å². The number of carboxylic acids is 1. The maximum Gasteiger partial charge on any atom is 0.309 e.